The number of rotatable bonds is 6. The van der Waals surface area contributed by atoms with Crippen molar-refractivity contribution >= 4 is 40.9 Å². The van der Waals surface area contributed by atoms with Gasteiger partial charge in [-0.25, -0.2) is 0 Å². The van der Waals surface area contributed by atoms with Crippen molar-refractivity contribution in [2.45, 2.75) is 12.6 Å². The van der Waals surface area contributed by atoms with E-state index in [9.17, 15) is 0 Å². The predicted octanol–water partition coefficient (Wildman–Crippen LogP) is 3.09. The van der Waals surface area contributed by atoms with Gasteiger partial charge in [-0.3, -0.25) is 9.67 Å². The summed E-state index contributed by atoms with van der Waals surface area (Å²) in [5, 5.41) is 8.87. The van der Waals surface area contributed by atoms with Crippen LogP contribution in [0.1, 0.15) is 17.4 Å². The number of benzene rings is 1. The van der Waals surface area contributed by atoms with Crippen LogP contribution >= 0.6 is 24.0 Å². The van der Waals surface area contributed by atoms with Gasteiger partial charge in [0, 0.05) is 44.8 Å². The van der Waals surface area contributed by atoms with Crippen LogP contribution in [0.2, 0.25) is 0 Å². The first kappa shape index (κ1) is 22.2. The van der Waals surface area contributed by atoms with E-state index in [0.717, 1.165) is 29.2 Å². The molecule has 2 aromatic heterocycles. The first-order chi connectivity index (χ1) is 13.0. The second-order valence-electron chi connectivity index (χ2n) is 6.96. The molecule has 2 heterocycles. The molecule has 3 aromatic rings. The average molecular weight is 496 g/mol. The maximum Gasteiger partial charge on any atom is 0.193 e. The van der Waals surface area contributed by atoms with Crippen LogP contribution in [0.15, 0.2) is 52.1 Å². The molecule has 0 aliphatic heterocycles. The molecule has 28 heavy (non-hydrogen) atoms. The molecule has 0 fully saturated rings. The van der Waals surface area contributed by atoms with E-state index in [2.05, 4.69) is 51.4 Å². The quantitative estimate of drug-likeness (QED) is 0.323. The summed E-state index contributed by atoms with van der Waals surface area (Å²) in [5.74, 6) is 1.74. The standard InChI is InChI=1S/C20H28N6O.HI/c1-21-20(22-12-18(24(2)3)16-11-23-26(5)13-16)25(4)14-17-10-15-8-6-7-9-19(15)27-17;/h6-11,13,18H,12,14H2,1-5H3,(H,21,22);1H. The molecule has 0 aliphatic carbocycles. The van der Waals surface area contributed by atoms with Crippen LogP contribution < -0.4 is 5.32 Å². The van der Waals surface area contributed by atoms with Gasteiger partial charge in [-0.1, -0.05) is 18.2 Å². The van der Waals surface area contributed by atoms with E-state index in [4.69, 9.17) is 4.42 Å². The van der Waals surface area contributed by atoms with Crippen LogP contribution in [-0.4, -0.2) is 60.3 Å². The number of nitrogens with one attached hydrogen (secondary N) is 1. The number of halogens is 1. The van der Waals surface area contributed by atoms with Gasteiger partial charge in [0.2, 0.25) is 0 Å². The summed E-state index contributed by atoms with van der Waals surface area (Å²) in [6.07, 6.45) is 3.96. The summed E-state index contributed by atoms with van der Waals surface area (Å²) < 4.78 is 7.75. The van der Waals surface area contributed by atoms with E-state index in [1.807, 2.05) is 49.4 Å². The molecule has 3 rings (SSSR count). The first-order valence-corrected chi connectivity index (χ1v) is 9.02. The zero-order chi connectivity index (χ0) is 19.4. The Labute approximate surface area is 183 Å². The van der Waals surface area contributed by atoms with E-state index >= 15 is 0 Å². The van der Waals surface area contributed by atoms with Crippen molar-refractivity contribution in [3.8, 4) is 0 Å². The highest BCUT2D eigenvalue weighted by atomic mass is 127. The van der Waals surface area contributed by atoms with Gasteiger partial charge in [0.1, 0.15) is 11.3 Å². The normalized spacial score (nSPS) is 12.9. The van der Waals surface area contributed by atoms with Gasteiger partial charge >= 0.3 is 0 Å². The number of likely N-dealkylation sites (N-methyl/N-ethyl adjacent to an activating group) is 1. The molecule has 7 nitrogen and oxygen atoms in total. The van der Waals surface area contributed by atoms with Gasteiger partial charge < -0.3 is 19.5 Å². The Bertz CT molecular complexity index is 883. The van der Waals surface area contributed by atoms with E-state index in [1.165, 1.54) is 5.56 Å². The third-order valence-electron chi connectivity index (χ3n) is 4.63. The zero-order valence-corrected chi connectivity index (χ0v) is 19.4. The van der Waals surface area contributed by atoms with Crippen LogP contribution in [0.25, 0.3) is 11.0 Å². The van der Waals surface area contributed by atoms with E-state index in [0.29, 0.717) is 6.54 Å². The number of furan rings is 1. The van der Waals surface area contributed by atoms with Gasteiger partial charge in [0.15, 0.2) is 5.96 Å². The lowest BCUT2D eigenvalue weighted by molar-refractivity contribution is 0.294. The number of guanidine groups is 1. The largest absolute Gasteiger partial charge is 0.459 e. The topological polar surface area (TPSA) is 61.8 Å². The zero-order valence-electron chi connectivity index (χ0n) is 17.1. The molecule has 0 amide bonds. The number of aromatic nitrogens is 2. The fourth-order valence-electron chi connectivity index (χ4n) is 3.21. The minimum atomic E-state index is 0. The molecule has 1 aromatic carbocycles. The number of hydrogen-bond donors (Lipinski definition) is 1. The van der Waals surface area contributed by atoms with Crippen LogP contribution in [0, 0.1) is 0 Å². The van der Waals surface area contributed by atoms with Crippen molar-refractivity contribution in [3.63, 3.8) is 0 Å². The molecule has 0 saturated heterocycles. The molecule has 0 aliphatic rings. The van der Waals surface area contributed by atoms with E-state index in [-0.39, 0.29) is 30.0 Å². The number of hydrogen-bond acceptors (Lipinski definition) is 4. The fraction of sp³-hybridized carbons (Fsp3) is 0.400. The summed E-state index contributed by atoms with van der Waals surface area (Å²) >= 11 is 0. The lowest BCUT2D eigenvalue weighted by atomic mass is 10.1. The molecule has 0 saturated carbocycles. The lowest BCUT2D eigenvalue weighted by Gasteiger charge is -2.27. The van der Waals surface area contributed by atoms with Crippen molar-refractivity contribution in [1.29, 1.82) is 0 Å². The van der Waals surface area contributed by atoms with Gasteiger partial charge in [-0.15, -0.1) is 24.0 Å². The van der Waals surface area contributed by atoms with Crippen LogP contribution in [0.4, 0.5) is 0 Å². The van der Waals surface area contributed by atoms with Crippen LogP contribution in [-0.2, 0) is 13.6 Å². The van der Waals surface area contributed by atoms with Gasteiger partial charge in [0.25, 0.3) is 0 Å². The first-order valence-electron chi connectivity index (χ1n) is 9.02. The number of aryl methyl sites for hydroxylation is 1. The highest BCUT2D eigenvalue weighted by Crippen LogP contribution is 2.20. The molecule has 1 atom stereocenters. The summed E-state index contributed by atoms with van der Waals surface area (Å²) in [6, 6.07) is 10.3. The number of nitrogens with zero attached hydrogens (tertiary/aromatic N) is 5. The predicted molar refractivity (Wildman–Crippen MR) is 124 cm³/mol. The molecule has 152 valence electrons. The third kappa shape index (κ3) is 5.26. The SMILES string of the molecule is CN=C(NCC(c1cnn(C)c1)N(C)C)N(C)Cc1cc2ccccc2o1.I. The minimum Gasteiger partial charge on any atom is -0.459 e. The van der Waals surface area contributed by atoms with Gasteiger partial charge in [0.05, 0.1) is 18.8 Å². The van der Waals surface area contributed by atoms with Gasteiger partial charge in [-0.2, -0.15) is 5.10 Å². The molecular weight excluding hydrogens is 467 g/mol. The van der Waals surface area contributed by atoms with Crippen LogP contribution in [0.3, 0.4) is 0 Å². The minimum absolute atomic E-state index is 0. The monoisotopic (exact) mass is 496 g/mol. The van der Waals surface area contributed by atoms with Crippen molar-refractivity contribution in [3.05, 3.63) is 54.0 Å². The molecule has 0 bridgehead atoms. The maximum atomic E-state index is 5.93. The Morgan fingerprint density at radius 2 is 2.04 bits per heavy atom. The van der Waals surface area contributed by atoms with Crippen molar-refractivity contribution < 1.29 is 4.42 Å². The lowest BCUT2D eigenvalue weighted by Crippen LogP contribution is -2.42. The van der Waals surface area contributed by atoms with Crippen molar-refractivity contribution in [2.24, 2.45) is 12.0 Å². The summed E-state index contributed by atoms with van der Waals surface area (Å²) in [4.78, 5) is 8.66. The average Bonchev–Trinajstić information content (AvgIpc) is 3.23. The third-order valence-corrected chi connectivity index (χ3v) is 4.63. The second-order valence-corrected chi connectivity index (χ2v) is 6.96. The fourth-order valence-corrected chi connectivity index (χ4v) is 3.21. The Morgan fingerprint density at radius 3 is 2.64 bits per heavy atom. The summed E-state index contributed by atoms with van der Waals surface area (Å²) in [5.41, 5.74) is 2.08. The highest BCUT2D eigenvalue weighted by molar-refractivity contribution is 14.0. The van der Waals surface area contributed by atoms with Crippen LogP contribution in [0.5, 0.6) is 0 Å². The number of para-hydroxylation sites is 1. The smallest absolute Gasteiger partial charge is 0.193 e. The molecule has 0 spiro atoms. The summed E-state index contributed by atoms with van der Waals surface area (Å²) in [6.45, 7) is 1.38. The van der Waals surface area contributed by atoms with E-state index < -0.39 is 0 Å². The Morgan fingerprint density at radius 1 is 1.29 bits per heavy atom. The molecule has 0 radical (unpaired) electrons. The highest BCUT2D eigenvalue weighted by Gasteiger charge is 2.18. The molecule has 8 heteroatoms. The summed E-state index contributed by atoms with van der Waals surface area (Å²) in [7, 11) is 9.88. The Balaban J connectivity index is 0.00000280. The maximum absolute atomic E-state index is 5.93. The van der Waals surface area contributed by atoms with Gasteiger partial charge in [-0.05, 0) is 26.2 Å². The van der Waals surface area contributed by atoms with E-state index in [1.54, 1.807) is 7.05 Å². The number of aliphatic imine (C=N–C) groups is 1. The number of fused-ring (bicyclic) bond motifs is 1. The Hall–Kier alpha value is -2.07. The molecular formula is C20H29IN6O. The molecule has 1 N–H and O–H groups in total. The van der Waals surface area contributed by atoms with Crippen molar-refractivity contribution in [1.82, 2.24) is 24.9 Å². The molecule has 1 unspecified atom stereocenters. The second kappa shape index (κ2) is 9.92. The van der Waals surface area contributed by atoms with Crippen molar-refractivity contribution in [2.75, 3.05) is 34.7 Å². The Kier molecular flexibility index (Phi) is 7.88.